The molecular formula is C17H22N2O2. The fourth-order valence-corrected chi connectivity index (χ4v) is 2.67. The SMILES string of the molecule is CCC1CCC(=O)N(CCOc2cccc(C#N)c2)CC1. The van der Waals surface area contributed by atoms with Gasteiger partial charge in [-0.25, -0.2) is 0 Å². The third kappa shape index (κ3) is 4.49. The predicted molar refractivity (Wildman–Crippen MR) is 80.9 cm³/mol. The van der Waals surface area contributed by atoms with Crippen molar-refractivity contribution in [3.8, 4) is 11.8 Å². The molecule has 1 amide bonds. The standard InChI is InChI=1S/C17H22N2O2/c1-2-14-6-7-17(20)19(9-8-14)10-11-21-16-5-3-4-15(12-16)13-18/h3-5,12,14H,2,6-11H2,1H3. The van der Waals surface area contributed by atoms with Crippen LogP contribution in [0, 0.1) is 17.2 Å². The minimum absolute atomic E-state index is 0.236. The molecule has 0 saturated carbocycles. The van der Waals surface area contributed by atoms with E-state index in [1.807, 2.05) is 11.0 Å². The molecule has 4 heteroatoms. The molecule has 0 bridgehead atoms. The van der Waals surface area contributed by atoms with E-state index in [1.54, 1.807) is 18.2 Å². The van der Waals surface area contributed by atoms with Crippen LogP contribution in [-0.2, 0) is 4.79 Å². The molecule has 0 spiro atoms. The second-order valence-electron chi connectivity index (χ2n) is 5.47. The molecule has 4 nitrogen and oxygen atoms in total. The molecule has 1 heterocycles. The number of rotatable bonds is 5. The van der Waals surface area contributed by atoms with Crippen molar-refractivity contribution in [2.24, 2.45) is 5.92 Å². The molecule has 0 aromatic heterocycles. The molecule has 1 aromatic rings. The van der Waals surface area contributed by atoms with Crippen molar-refractivity contribution in [2.75, 3.05) is 19.7 Å². The first-order chi connectivity index (χ1) is 10.2. The maximum atomic E-state index is 12.0. The Labute approximate surface area is 126 Å². The highest BCUT2D eigenvalue weighted by Crippen LogP contribution is 2.21. The van der Waals surface area contributed by atoms with Gasteiger partial charge in [-0.05, 0) is 37.0 Å². The van der Waals surface area contributed by atoms with Crippen LogP contribution < -0.4 is 4.74 Å². The zero-order valence-electron chi connectivity index (χ0n) is 12.5. The first-order valence-electron chi connectivity index (χ1n) is 7.63. The van der Waals surface area contributed by atoms with E-state index in [1.165, 1.54) is 0 Å². The smallest absolute Gasteiger partial charge is 0.222 e. The molecule has 1 saturated heterocycles. The van der Waals surface area contributed by atoms with Gasteiger partial charge in [0.15, 0.2) is 0 Å². The Kier molecular flexibility index (Phi) is 5.62. The van der Waals surface area contributed by atoms with Crippen molar-refractivity contribution in [3.63, 3.8) is 0 Å². The molecule has 2 rings (SSSR count). The lowest BCUT2D eigenvalue weighted by Crippen LogP contribution is -2.34. The van der Waals surface area contributed by atoms with E-state index in [0.29, 0.717) is 36.8 Å². The highest BCUT2D eigenvalue weighted by molar-refractivity contribution is 5.76. The zero-order valence-corrected chi connectivity index (χ0v) is 12.5. The van der Waals surface area contributed by atoms with E-state index in [9.17, 15) is 4.79 Å². The minimum atomic E-state index is 0.236. The molecule has 1 aromatic carbocycles. The number of hydrogen-bond donors (Lipinski definition) is 0. The summed E-state index contributed by atoms with van der Waals surface area (Å²) >= 11 is 0. The summed E-state index contributed by atoms with van der Waals surface area (Å²) in [5.74, 6) is 1.59. The molecule has 1 aliphatic rings. The number of carbonyl (C=O) groups excluding carboxylic acids is 1. The van der Waals surface area contributed by atoms with Crippen molar-refractivity contribution in [3.05, 3.63) is 29.8 Å². The van der Waals surface area contributed by atoms with Gasteiger partial charge < -0.3 is 9.64 Å². The third-order valence-corrected chi connectivity index (χ3v) is 4.10. The molecular weight excluding hydrogens is 264 g/mol. The van der Waals surface area contributed by atoms with Gasteiger partial charge in [0, 0.05) is 13.0 Å². The lowest BCUT2D eigenvalue weighted by Gasteiger charge is -2.21. The van der Waals surface area contributed by atoms with Crippen molar-refractivity contribution in [1.29, 1.82) is 5.26 Å². The van der Waals surface area contributed by atoms with Crippen LogP contribution in [0.1, 0.15) is 38.2 Å². The average molecular weight is 286 g/mol. The maximum absolute atomic E-state index is 12.0. The van der Waals surface area contributed by atoms with Gasteiger partial charge in [-0.15, -0.1) is 0 Å². The second kappa shape index (κ2) is 7.68. The van der Waals surface area contributed by atoms with Gasteiger partial charge in [0.1, 0.15) is 12.4 Å². The molecule has 0 aliphatic carbocycles. The summed E-state index contributed by atoms with van der Waals surface area (Å²) in [5.41, 5.74) is 0.587. The Morgan fingerprint density at radius 1 is 1.43 bits per heavy atom. The molecule has 1 aliphatic heterocycles. The molecule has 1 atom stereocenters. The minimum Gasteiger partial charge on any atom is -0.492 e. The Bertz CT molecular complexity index is 522. The second-order valence-corrected chi connectivity index (χ2v) is 5.47. The summed E-state index contributed by atoms with van der Waals surface area (Å²) in [6, 6.07) is 9.19. The van der Waals surface area contributed by atoms with E-state index in [4.69, 9.17) is 10.00 Å². The lowest BCUT2D eigenvalue weighted by molar-refractivity contribution is -0.131. The zero-order chi connectivity index (χ0) is 15.1. The van der Waals surface area contributed by atoms with Gasteiger partial charge in [0.05, 0.1) is 18.2 Å². The van der Waals surface area contributed by atoms with Gasteiger partial charge in [-0.1, -0.05) is 19.4 Å². The Morgan fingerprint density at radius 3 is 3.05 bits per heavy atom. The fourth-order valence-electron chi connectivity index (χ4n) is 2.67. The summed E-state index contributed by atoms with van der Waals surface area (Å²) < 4.78 is 5.65. The molecule has 1 fully saturated rings. The Balaban J connectivity index is 1.82. The van der Waals surface area contributed by atoms with Crippen LogP contribution >= 0.6 is 0 Å². The summed E-state index contributed by atoms with van der Waals surface area (Å²) in [5, 5.41) is 8.85. The van der Waals surface area contributed by atoms with E-state index < -0.39 is 0 Å². The van der Waals surface area contributed by atoms with Crippen LogP contribution in [0.5, 0.6) is 5.75 Å². The highest BCUT2D eigenvalue weighted by Gasteiger charge is 2.21. The van der Waals surface area contributed by atoms with Crippen LogP contribution in [0.15, 0.2) is 24.3 Å². The maximum Gasteiger partial charge on any atom is 0.222 e. The molecule has 0 radical (unpaired) electrons. The Hall–Kier alpha value is -2.02. The number of amides is 1. The van der Waals surface area contributed by atoms with Crippen LogP contribution in [0.3, 0.4) is 0 Å². The van der Waals surface area contributed by atoms with E-state index in [2.05, 4.69) is 13.0 Å². The van der Waals surface area contributed by atoms with E-state index in [-0.39, 0.29) is 5.91 Å². The summed E-state index contributed by atoms with van der Waals surface area (Å²) in [6.45, 7) is 4.11. The largest absolute Gasteiger partial charge is 0.492 e. The molecule has 0 N–H and O–H groups in total. The van der Waals surface area contributed by atoms with Crippen LogP contribution in [0.2, 0.25) is 0 Å². The molecule has 1 unspecified atom stereocenters. The van der Waals surface area contributed by atoms with Crippen LogP contribution in [-0.4, -0.2) is 30.5 Å². The van der Waals surface area contributed by atoms with Crippen LogP contribution in [0.25, 0.3) is 0 Å². The first-order valence-corrected chi connectivity index (χ1v) is 7.63. The lowest BCUT2D eigenvalue weighted by atomic mass is 9.98. The summed E-state index contributed by atoms with van der Waals surface area (Å²) in [7, 11) is 0. The van der Waals surface area contributed by atoms with Crippen molar-refractivity contribution < 1.29 is 9.53 Å². The number of hydrogen-bond acceptors (Lipinski definition) is 3. The highest BCUT2D eigenvalue weighted by atomic mass is 16.5. The molecule has 21 heavy (non-hydrogen) atoms. The fraction of sp³-hybridized carbons (Fsp3) is 0.529. The first kappa shape index (κ1) is 15.4. The van der Waals surface area contributed by atoms with Gasteiger partial charge in [0.25, 0.3) is 0 Å². The number of carbonyl (C=O) groups is 1. The normalized spacial score (nSPS) is 19.0. The summed E-state index contributed by atoms with van der Waals surface area (Å²) in [6.07, 6.45) is 3.91. The number of nitriles is 1. The number of ether oxygens (including phenoxy) is 1. The third-order valence-electron chi connectivity index (χ3n) is 4.10. The van der Waals surface area contributed by atoms with Crippen LogP contribution in [0.4, 0.5) is 0 Å². The average Bonchev–Trinajstić information content (AvgIpc) is 2.70. The van der Waals surface area contributed by atoms with Gasteiger partial charge in [0.2, 0.25) is 5.91 Å². The molecule has 112 valence electrons. The summed E-state index contributed by atoms with van der Waals surface area (Å²) in [4.78, 5) is 14.0. The quantitative estimate of drug-likeness (QED) is 0.836. The van der Waals surface area contributed by atoms with Gasteiger partial charge in [-0.2, -0.15) is 5.26 Å². The monoisotopic (exact) mass is 286 g/mol. The number of nitrogens with zero attached hydrogens (tertiary/aromatic N) is 2. The van der Waals surface area contributed by atoms with E-state index in [0.717, 1.165) is 25.8 Å². The van der Waals surface area contributed by atoms with Crippen molar-refractivity contribution in [2.45, 2.75) is 32.6 Å². The Morgan fingerprint density at radius 2 is 2.29 bits per heavy atom. The van der Waals surface area contributed by atoms with Gasteiger partial charge >= 0.3 is 0 Å². The van der Waals surface area contributed by atoms with Gasteiger partial charge in [-0.3, -0.25) is 4.79 Å². The van der Waals surface area contributed by atoms with Crippen molar-refractivity contribution >= 4 is 5.91 Å². The topological polar surface area (TPSA) is 53.3 Å². The number of likely N-dealkylation sites (tertiary alicyclic amines) is 1. The van der Waals surface area contributed by atoms with Crippen molar-refractivity contribution in [1.82, 2.24) is 4.90 Å². The van der Waals surface area contributed by atoms with E-state index >= 15 is 0 Å². The predicted octanol–water partition coefficient (Wildman–Crippen LogP) is 2.98. The number of benzene rings is 1.